The summed E-state index contributed by atoms with van der Waals surface area (Å²) >= 11 is 0. The van der Waals surface area contributed by atoms with Gasteiger partial charge in [0, 0.05) is 19.2 Å². The fourth-order valence-corrected chi connectivity index (χ4v) is 2.47. The summed E-state index contributed by atoms with van der Waals surface area (Å²) in [6, 6.07) is 3.43. The van der Waals surface area contributed by atoms with Crippen LogP contribution < -0.4 is 10.1 Å². The highest BCUT2D eigenvalue weighted by atomic mass is 35.5. The molecular weight excluding hydrogens is 314 g/mol. The van der Waals surface area contributed by atoms with E-state index in [1.807, 2.05) is 0 Å². The Morgan fingerprint density at radius 1 is 1.32 bits per heavy atom. The number of halogens is 3. The molecule has 1 fully saturated rings. The van der Waals surface area contributed by atoms with Crippen molar-refractivity contribution in [1.82, 2.24) is 10.2 Å². The zero-order chi connectivity index (χ0) is 15.4. The van der Waals surface area contributed by atoms with E-state index < -0.39 is 17.7 Å². The van der Waals surface area contributed by atoms with Gasteiger partial charge in [0.2, 0.25) is 0 Å². The Morgan fingerprint density at radius 3 is 2.55 bits per heavy atom. The first-order valence-corrected chi connectivity index (χ1v) is 7.08. The van der Waals surface area contributed by atoms with Crippen molar-refractivity contribution < 1.29 is 18.3 Å². The zero-order valence-corrected chi connectivity index (χ0v) is 13.5. The smallest absolute Gasteiger partial charge is 0.263 e. The Hall–Kier alpha value is -1.40. The van der Waals surface area contributed by atoms with Gasteiger partial charge in [0.1, 0.15) is 5.75 Å². The molecule has 0 aliphatic carbocycles. The third kappa shape index (κ3) is 4.55. The zero-order valence-electron chi connectivity index (χ0n) is 12.6. The number of carbonyl (C=O) groups is 1. The van der Waals surface area contributed by atoms with Crippen LogP contribution in [-0.4, -0.2) is 43.1 Å². The third-order valence-electron chi connectivity index (χ3n) is 3.76. The van der Waals surface area contributed by atoms with Crippen molar-refractivity contribution in [3.05, 3.63) is 29.8 Å². The normalized spacial score (nSPS) is 16.5. The topological polar surface area (TPSA) is 41.6 Å². The molecule has 1 amide bonds. The summed E-state index contributed by atoms with van der Waals surface area (Å²) in [4.78, 5) is 14.0. The van der Waals surface area contributed by atoms with Gasteiger partial charge in [-0.25, -0.2) is 8.78 Å². The highest BCUT2D eigenvalue weighted by Gasteiger charge is 2.26. The molecule has 7 heteroatoms. The molecule has 1 unspecified atom stereocenters. The van der Waals surface area contributed by atoms with Gasteiger partial charge < -0.3 is 15.0 Å². The van der Waals surface area contributed by atoms with Crippen LogP contribution >= 0.6 is 12.4 Å². The van der Waals surface area contributed by atoms with Crippen molar-refractivity contribution in [3.63, 3.8) is 0 Å². The van der Waals surface area contributed by atoms with Gasteiger partial charge in [0.25, 0.3) is 5.91 Å². The number of hydrogen-bond acceptors (Lipinski definition) is 3. The molecule has 0 saturated carbocycles. The molecule has 1 N–H and O–H groups in total. The molecule has 1 atom stereocenters. The van der Waals surface area contributed by atoms with E-state index in [2.05, 4.69) is 5.32 Å². The van der Waals surface area contributed by atoms with E-state index in [0.29, 0.717) is 0 Å². The van der Waals surface area contributed by atoms with E-state index in [0.717, 1.165) is 38.1 Å². The van der Waals surface area contributed by atoms with E-state index in [4.69, 9.17) is 4.74 Å². The maximum Gasteiger partial charge on any atom is 0.263 e. The predicted molar refractivity (Wildman–Crippen MR) is 82.4 cm³/mol. The average Bonchev–Trinajstić information content (AvgIpc) is 2.50. The average molecular weight is 335 g/mol. The molecule has 1 heterocycles. The molecule has 1 aromatic rings. The molecule has 124 valence electrons. The van der Waals surface area contributed by atoms with Crippen molar-refractivity contribution in [2.24, 2.45) is 0 Å². The Bertz CT molecular complexity index is 510. The molecule has 0 spiro atoms. The maximum absolute atomic E-state index is 13.1. The lowest BCUT2D eigenvalue weighted by Crippen LogP contribution is -2.48. The Kier molecular flexibility index (Phi) is 7.03. The first-order valence-electron chi connectivity index (χ1n) is 7.08. The number of ether oxygens (including phenoxy) is 1. The summed E-state index contributed by atoms with van der Waals surface area (Å²) in [6.07, 6.45) is 1.06. The van der Waals surface area contributed by atoms with Gasteiger partial charge in [-0.3, -0.25) is 4.79 Å². The summed E-state index contributed by atoms with van der Waals surface area (Å²) in [6.45, 7) is 3.39. The number of likely N-dealkylation sites (N-methyl/N-ethyl adjacent to an activating group) is 1. The van der Waals surface area contributed by atoms with Crippen LogP contribution in [0.5, 0.6) is 5.75 Å². The third-order valence-corrected chi connectivity index (χ3v) is 3.76. The van der Waals surface area contributed by atoms with Gasteiger partial charge in [0.15, 0.2) is 17.7 Å². The Labute approximate surface area is 135 Å². The van der Waals surface area contributed by atoms with Crippen molar-refractivity contribution >= 4 is 18.3 Å². The molecule has 1 aromatic carbocycles. The van der Waals surface area contributed by atoms with Crippen LogP contribution in [0.15, 0.2) is 18.2 Å². The minimum atomic E-state index is -0.987. The standard InChI is InChI=1S/C15H20F2N2O2.ClH/c1-10(21-12-3-4-13(16)14(17)9-12)15(20)19(2)11-5-7-18-8-6-11;/h3-4,9-11,18H,5-8H2,1-2H3;1H. The molecule has 2 rings (SSSR count). The van der Waals surface area contributed by atoms with Crippen LogP contribution in [0, 0.1) is 11.6 Å². The van der Waals surface area contributed by atoms with Gasteiger partial charge in [-0.1, -0.05) is 0 Å². The van der Waals surface area contributed by atoms with Gasteiger partial charge in [-0.2, -0.15) is 0 Å². The molecule has 1 saturated heterocycles. The predicted octanol–water partition coefficient (Wildman–Crippen LogP) is 2.36. The van der Waals surface area contributed by atoms with Crippen molar-refractivity contribution in [2.45, 2.75) is 31.9 Å². The van der Waals surface area contributed by atoms with E-state index in [1.54, 1.807) is 18.9 Å². The van der Waals surface area contributed by atoms with Crippen molar-refractivity contribution in [1.29, 1.82) is 0 Å². The minimum Gasteiger partial charge on any atom is -0.481 e. The number of hydrogen-bond donors (Lipinski definition) is 1. The molecular formula is C15H21ClF2N2O2. The van der Waals surface area contributed by atoms with Crippen molar-refractivity contribution in [3.8, 4) is 5.75 Å². The first-order chi connectivity index (χ1) is 9.99. The van der Waals surface area contributed by atoms with Gasteiger partial charge in [-0.15, -0.1) is 12.4 Å². The second-order valence-corrected chi connectivity index (χ2v) is 5.27. The molecule has 22 heavy (non-hydrogen) atoms. The summed E-state index contributed by atoms with van der Waals surface area (Å²) < 4.78 is 31.4. The van der Waals surface area contributed by atoms with E-state index in [1.165, 1.54) is 6.07 Å². The monoisotopic (exact) mass is 334 g/mol. The lowest BCUT2D eigenvalue weighted by molar-refractivity contribution is -0.139. The first kappa shape index (κ1) is 18.6. The van der Waals surface area contributed by atoms with E-state index in [-0.39, 0.29) is 30.1 Å². The van der Waals surface area contributed by atoms with Crippen molar-refractivity contribution in [2.75, 3.05) is 20.1 Å². The molecule has 1 aliphatic heterocycles. The Morgan fingerprint density at radius 2 is 1.95 bits per heavy atom. The van der Waals surface area contributed by atoms with Crippen LogP contribution in [-0.2, 0) is 4.79 Å². The van der Waals surface area contributed by atoms with E-state index >= 15 is 0 Å². The number of carbonyl (C=O) groups excluding carboxylic acids is 1. The number of nitrogens with one attached hydrogen (secondary N) is 1. The SMILES string of the molecule is CC(Oc1ccc(F)c(F)c1)C(=O)N(C)C1CCNCC1.Cl. The van der Waals surface area contributed by atoms with E-state index in [9.17, 15) is 13.6 Å². The lowest BCUT2D eigenvalue weighted by atomic mass is 10.0. The molecule has 1 aliphatic rings. The highest BCUT2D eigenvalue weighted by molar-refractivity contribution is 5.85. The second kappa shape index (κ2) is 8.29. The quantitative estimate of drug-likeness (QED) is 0.919. The fourth-order valence-electron chi connectivity index (χ4n) is 2.47. The molecule has 0 radical (unpaired) electrons. The lowest BCUT2D eigenvalue weighted by Gasteiger charge is -2.33. The number of amides is 1. The highest BCUT2D eigenvalue weighted by Crippen LogP contribution is 2.18. The largest absolute Gasteiger partial charge is 0.481 e. The summed E-state index contributed by atoms with van der Waals surface area (Å²) in [7, 11) is 1.75. The van der Waals surface area contributed by atoms with Gasteiger partial charge >= 0.3 is 0 Å². The fraction of sp³-hybridized carbons (Fsp3) is 0.533. The number of nitrogens with zero attached hydrogens (tertiary/aromatic N) is 1. The molecule has 0 bridgehead atoms. The Balaban J connectivity index is 0.00000242. The summed E-state index contributed by atoms with van der Waals surface area (Å²) in [5, 5.41) is 3.24. The minimum absolute atomic E-state index is 0. The molecule has 0 aromatic heterocycles. The van der Waals surface area contributed by atoms with Crippen LogP contribution in [0.2, 0.25) is 0 Å². The maximum atomic E-state index is 13.1. The van der Waals surface area contributed by atoms with Crippen LogP contribution in [0.1, 0.15) is 19.8 Å². The van der Waals surface area contributed by atoms with Gasteiger partial charge in [0.05, 0.1) is 0 Å². The summed E-state index contributed by atoms with van der Waals surface area (Å²) in [5.74, 6) is -1.94. The van der Waals surface area contributed by atoms with Crippen LogP contribution in [0.3, 0.4) is 0 Å². The van der Waals surface area contributed by atoms with Crippen LogP contribution in [0.4, 0.5) is 8.78 Å². The number of rotatable bonds is 4. The number of piperidine rings is 1. The van der Waals surface area contributed by atoms with Crippen LogP contribution in [0.25, 0.3) is 0 Å². The second-order valence-electron chi connectivity index (χ2n) is 5.27. The molecule has 4 nitrogen and oxygen atoms in total. The van der Waals surface area contributed by atoms with Gasteiger partial charge in [-0.05, 0) is 45.0 Å². The number of benzene rings is 1. The summed E-state index contributed by atoms with van der Waals surface area (Å²) in [5.41, 5.74) is 0.